The van der Waals surface area contributed by atoms with Crippen LogP contribution in [0.2, 0.25) is 0 Å². The second kappa shape index (κ2) is 6.46. The van der Waals surface area contributed by atoms with E-state index in [4.69, 9.17) is 0 Å². The molecule has 5 nitrogen and oxygen atoms in total. The molecule has 0 radical (unpaired) electrons. The normalized spacial score (nSPS) is 23.2. The molecule has 2 atom stereocenters. The molecule has 1 rings (SSSR count). The minimum absolute atomic E-state index is 0.162. The second-order valence-electron chi connectivity index (χ2n) is 6.70. The van der Waals surface area contributed by atoms with Crippen molar-refractivity contribution in [3.63, 3.8) is 0 Å². The summed E-state index contributed by atoms with van der Waals surface area (Å²) in [5.74, 6) is -0.481. The number of amides is 2. The van der Waals surface area contributed by atoms with Crippen molar-refractivity contribution < 1.29 is 14.7 Å². The molecule has 1 fully saturated rings. The van der Waals surface area contributed by atoms with Gasteiger partial charge in [-0.1, -0.05) is 34.1 Å². The zero-order valence-corrected chi connectivity index (χ0v) is 13.3. The fraction of sp³-hybridized carbons (Fsp3) is 0.867. The number of carboxylic acid groups (broad SMARTS) is 1. The summed E-state index contributed by atoms with van der Waals surface area (Å²) in [6, 6.07) is -0.895. The van der Waals surface area contributed by atoms with Crippen LogP contribution in [0.3, 0.4) is 0 Å². The van der Waals surface area contributed by atoms with Gasteiger partial charge in [0.2, 0.25) is 0 Å². The van der Waals surface area contributed by atoms with Crippen molar-refractivity contribution in [2.45, 2.75) is 53.0 Å². The molecule has 0 aromatic carbocycles. The van der Waals surface area contributed by atoms with Gasteiger partial charge in [-0.05, 0) is 24.2 Å². The van der Waals surface area contributed by atoms with Crippen LogP contribution in [0.25, 0.3) is 0 Å². The van der Waals surface area contributed by atoms with Crippen molar-refractivity contribution in [2.75, 3.05) is 20.1 Å². The summed E-state index contributed by atoms with van der Waals surface area (Å²) in [5, 5.41) is 9.49. The van der Waals surface area contributed by atoms with Crippen LogP contribution in [0.5, 0.6) is 0 Å². The van der Waals surface area contributed by atoms with Gasteiger partial charge in [0, 0.05) is 20.1 Å². The molecule has 0 aromatic heterocycles. The number of piperidine rings is 1. The number of hydrogen-bond donors (Lipinski definition) is 1. The Morgan fingerprint density at radius 3 is 2.55 bits per heavy atom. The molecule has 1 aliphatic heterocycles. The topological polar surface area (TPSA) is 60.9 Å². The molecule has 1 heterocycles. The molecule has 20 heavy (non-hydrogen) atoms. The highest BCUT2D eigenvalue weighted by Gasteiger charge is 2.45. The zero-order valence-electron chi connectivity index (χ0n) is 13.3. The molecule has 1 aliphatic rings. The average molecular weight is 284 g/mol. The average Bonchev–Trinajstić information content (AvgIpc) is 2.35. The molecular formula is C15H28N2O3. The number of carbonyl (C=O) groups is 2. The van der Waals surface area contributed by atoms with E-state index in [2.05, 4.69) is 13.8 Å². The molecule has 0 aromatic rings. The lowest BCUT2D eigenvalue weighted by molar-refractivity contribution is -0.148. The van der Waals surface area contributed by atoms with Gasteiger partial charge in [0.1, 0.15) is 6.04 Å². The van der Waals surface area contributed by atoms with Crippen LogP contribution in [0.15, 0.2) is 0 Å². The summed E-state index contributed by atoms with van der Waals surface area (Å²) in [5.41, 5.74) is -0.378. The first-order valence-corrected chi connectivity index (χ1v) is 7.45. The summed E-state index contributed by atoms with van der Waals surface area (Å²) in [6.45, 7) is 9.24. The molecule has 2 amide bonds. The van der Waals surface area contributed by atoms with Crippen LogP contribution in [0.4, 0.5) is 4.79 Å². The molecule has 1 N–H and O–H groups in total. The molecule has 116 valence electrons. The Balaban J connectivity index is 2.86. The maximum Gasteiger partial charge on any atom is 0.327 e. The largest absolute Gasteiger partial charge is 0.480 e. The first-order chi connectivity index (χ1) is 9.20. The Morgan fingerprint density at radius 1 is 1.45 bits per heavy atom. The van der Waals surface area contributed by atoms with Gasteiger partial charge in [-0.15, -0.1) is 0 Å². The van der Waals surface area contributed by atoms with Crippen LogP contribution in [-0.2, 0) is 4.79 Å². The van der Waals surface area contributed by atoms with Gasteiger partial charge >= 0.3 is 12.0 Å². The van der Waals surface area contributed by atoms with E-state index in [-0.39, 0.29) is 11.4 Å². The lowest BCUT2D eigenvalue weighted by atomic mass is 9.76. The van der Waals surface area contributed by atoms with E-state index in [0.717, 1.165) is 19.3 Å². The van der Waals surface area contributed by atoms with Crippen molar-refractivity contribution in [2.24, 2.45) is 11.3 Å². The summed E-state index contributed by atoms with van der Waals surface area (Å²) >= 11 is 0. The lowest BCUT2D eigenvalue weighted by Gasteiger charge is -2.45. The first kappa shape index (κ1) is 16.8. The van der Waals surface area contributed by atoms with Gasteiger partial charge < -0.3 is 14.9 Å². The molecule has 0 spiro atoms. The molecule has 0 saturated carbocycles. The number of rotatable bonds is 4. The Labute approximate surface area is 121 Å². The standard InChI is InChI=1S/C15H28N2O3/c1-6-11(2)10-16(5)14(20)17-9-7-8-15(3,4)12(17)13(18)19/h11-12H,6-10H2,1-5H3,(H,18,19). The van der Waals surface area contributed by atoms with Gasteiger partial charge in [0.25, 0.3) is 0 Å². The minimum atomic E-state index is -0.903. The fourth-order valence-corrected chi connectivity index (χ4v) is 2.96. The summed E-state index contributed by atoms with van der Waals surface area (Å²) in [7, 11) is 1.76. The van der Waals surface area contributed by atoms with Crippen molar-refractivity contribution in [1.29, 1.82) is 0 Å². The molecule has 0 aliphatic carbocycles. The van der Waals surface area contributed by atoms with Gasteiger partial charge in [-0.25, -0.2) is 9.59 Å². The molecule has 2 unspecified atom stereocenters. The Bertz CT molecular complexity index is 368. The smallest absolute Gasteiger partial charge is 0.327 e. The van der Waals surface area contributed by atoms with E-state index in [1.54, 1.807) is 11.9 Å². The Kier molecular flexibility index (Phi) is 5.42. The highest BCUT2D eigenvalue weighted by molar-refractivity contribution is 5.83. The molecule has 5 heteroatoms. The monoisotopic (exact) mass is 284 g/mol. The highest BCUT2D eigenvalue weighted by atomic mass is 16.4. The van der Waals surface area contributed by atoms with Crippen LogP contribution in [0, 0.1) is 11.3 Å². The van der Waals surface area contributed by atoms with Crippen LogP contribution >= 0.6 is 0 Å². The summed E-state index contributed by atoms with van der Waals surface area (Å²) < 4.78 is 0. The maximum atomic E-state index is 12.5. The van der Waals surface area contributed by atoms with E-state index in [0.29, 0.717) is 19.0 Å². The van der Waals surface area contributed by atoms with E-state index < -0.39 is 12.0 Å². The summed E-state index contributed by atoms with van der Waals surface area (Å²) in [4.78, 5) is 27.3. The molecular weight excluding hydrogens is 256 g/mol. The number of likely N-dealkylation sites (tertiary alicyclic amines) is 1. The fourth-order valence-electron chi connectivity index (χ4n) is 2.96. The molecule has 0 bridgehead atoms. The van der Waals surface area contributed by atoms with Crippen LogP contribution in [0.1, 0.15) is 47.0 Å². The number of carbonyl (C=O) groups excluding carboxylic acids is 1. The lowest BCUT2D eigenvalue weighted by Crippen LogP contribution is -2.59. The van der Waals surface area contributed by atoms with Crippen molar-refractivity contribution in [3.8, 4) is 0 Å². The SMILES string of the molecule is CCC(C)CN(C)C(=O)N1CCCC(C)(C)C1C(=O)O. The maximum absolute atomic E-state index is 12.5. The van der Waals surface area contributed by atoms with Crippen LogP contribution < -0.4 is 0 Å². The quantitative estimate of drug-likeness (QED) is 0.863. The number of nitrogens with zero attached hydrogens (tertiary/aromatic N) is 2. The van der Waals surface area contributed by atoms with Gasteiger partial charge in [0.15, 0.2) is 0 Å². The third-order valence-electron chi connectivity index (χ3n) is 4.36. The second-order valence-corrected chi connectivity index (χ2v) is 6.70. The van der Waals surface area contributed by atoms with Gasteiger partial charge in [0.05, 0.1) is 0 Å². The summed E-state index contributed by atoms with van der Waals surface area (Å²) in [6.07, 6.45) is 2.70. The third kappa shape index (κ3) is 3.64. The Morgan fingerprint density at radius 2 is 2.05 bits per heavy atom. The zero-order chi connectivity index (χ0) is 15.5. The third-order valence-corrected chi connectivity index (χ3v) is 4.36. The minimum Gasteiger partial charge on any atom is -0.480 e. The predicted octanol–water partition coefficient (Wildman–Crippen LogP) is 2.66. The van der Waals surface area contributed by atoms with Crippen molar-refractivity contribution >= 4 is 12.0 Å². The number of urea groups is 1. The predicted molar refractivity (Wildman–Crippen MR) is 78.6 cm³/mol. The first-order valence-electron chi connectivity index (χ1n) is 7.45. The van der Waals surface area contributed by atoms with Crippen LogP contribution in [-0.4, -0.2) is 53.1 Å². The van der Waals surface area contributed by atoms with E-state index in [9.17, 15) is 14.7 Å². The Hall–Kier alpha value is -1.26. The highest BCUT2D eigenvalue weighted by Crippen LogP contribution is 2.35. The number of hydrogen-bond acceptors (Lipinski definition) is 2. The van der Waals surface area contributed by atoms with E-state index >= 15 is 0 Å². The number of aliphatic carboxylic acids is 1. The van der Waals surface area contributed by atoms with Crippen molar-refractivity contribution in [1.82, 2.24) is 9.80 Å². The van der Waals surface area contributed by atoms with E-state index in [1.165, 1.54) is 4.90 Å². The van der Waals surface area contributed by atoms with Crippen molar-refractivity contribution in [3.05, 3.63) is 0 Å². The van der Waals surface area contributed by atoms with Gasteiger partial charge in [-0.3, -0.25) is 0 Å². The van der Waals surface area contributed by atoms with E-state index in [1.807, 2.05) is 13.8 Å². The molecule has 1 saturated heterocycles. The van der Waals surface area contributed by atoms with Gasteiger partial charge in [-0.2, -0.15) is 0 Å². The number of carboxylic acids is 1.